The first-order valence-corrected chi connectivity index (χ1v) is 4.21. The number of nitrogens with two attached hydrogens (primary N) is 1. The van der Waals surface area contributed by atoms with Gasteiger partial charge in [0.25, 0.3) is 0 Å². The summed E-state index contributed by atoms with van der Waals surface area (Å²) in [4.78, 5) is 8.37. The number of hydrogen-bond donors (Lipinski definition) is 2. The Balaban J connectivity index is 2.74. The van der Waals surface area contributed by atoms with Gasteiger partial charge in [0.15, 0.2) is 0 Å². The van der Waals surface area contributed by atoms with E-state index in [2.05, 4.69) is 4.52 Å². The molecule has 1 atom stereocenters. The Kier molecular flexibility index (Phi) is 2.52. The third kappa shape index (κ3) is 2.62. The molecular weight excluding hydrogens is 165 g/mol. The maximum Gasteiger partial charge on any atom is 0.365 e. The first kappa shape index (κ1) is 8.11. The molecule has 1 rings (SSSR count). The molecule has 3 N–H and O–H groups in total. The van der Waals surface area contributed by atoms with E-state index in [4.69, 9.17) is 10.6 Å². The van der Waals surface area contributed by atoms with Gasteiger partial charge in [0.05, 0.1) is 0 Å². The summed E-state index contributed by atoms with van der Waals surface area (Å²) in [5.41, 5.74) is 5.96. The van der Waals surface area contributed by atoms with E-state index in [1.807, 2.05) is 0 Å². The van der Waals surface area contributed by atoms with E-state index in [1.165, 1.54) is 12.1 Å². The summed E-state index contributed by atoms with van der Waals surface area (Å²) in [6, 6.07) is 6.27. The molecule has 0 saturated carbocycles. The highest BCUT2D eigenvalue weighted by Crippen LogP contribution is 2.22. The van der Waals surface area contributed by atoms with Crippen LogP contribution in [0.25, 0.3) is 0 Å². The lowest BCUT2D eigenvalue weighted by Crippen LogP contribution is -1.84. The zero-order chi connectivity index (χ0) is 8.27. The van der Waals surface area contributed by atoms with Crippen LogP contribution in [0.4, 0.5) is 5.69 Å². The van der Waals surface area contributed by atoms with Crippen LogP contribution in [0.5, 0.6) is 5.75 Å². The van der Waals surface area contributed by atoms with Crippen molar-refractivity contribution in [3.05, 3.63) is 24.3 Å². The first-order chi connectivity index (χ1) is 5.18. The Hall–Kier alpha value is -0.990. The van der Waals surface area contributed by atoms with Crippen molar-refractivity contribution < 1.29 is 14.0 Å². The number of benzene rings is 1. The average molecular weight is 173 g/mol. The molecule has 0 radical (unpaired) electrons. The van der Waals surface area contributed by atoms with Crippen LogP contribution >= 0.6 is 8.25 Å². The molecule has 0 bridgehead atoms. The fraction of sp³-hybridized carbons (Fsp3) is 0. The fourth-order valence-electron chi connectivity index (χ4n) is 0.637. The lowest BCUT2D eigenvalue weighted by Gasteiger charge is -2.00. The van der Waals surface area contributed by atoms with E-state index in [1.54, 1.807) is 12.1 Å². The van der Waals surface area contributed by atoms with Gasteiger partial charge in [0.1, 0.15) is 5.75 Å². The van der Waals surface area contributed by atoms with E-state index in [-0.39, 0.29) is 0 Å². The van der Waals surface area contributed by atoms with Gasteiger partial charge in [-0.25, -0.2) is 4.57 Å². The lowest BCUT2D eigenvalue weighted by molar-refractivity contribution is 0.410. The van der Waals surface area contributed by atoms with Crippen LogP contribution in [0, 0.1) is 0 Å². The number of rotatable bonds is 2. The largest absolute Gasteiger partial charge is 0.426 e. The molecule has 11 heavy (non-hydrogen) atoms. The Labute approximate surface area is 64.6 Å². The van der Waals surface area contributed by atoms with Crippen LogP contribution < -0.4 is 10.3 Å². The maximum atomic E-state index is 10.2. The highest BCUT2D eigenvalue weighted by Gasteiger charge is 1.94. The SMILES string of the molecule is Nc1ccc(O[PH](=O)O)cc1. The normalized spacial score (nSPS) is 12.5. The highest BCUT2D eigenvalue weighted by molar-refractivity contribution is 7.32. The summed E-state index contributed by atoms with van der Waals surface area (Å²) < 4.78 is 14.7. The number of hydrogen-bond acceptors (Lipinski definition) is 3. The van der Waals surface area contributed by atoms with E-state index < -0.39 is 8.25 Å². The van der Waals surface area contributed by atoms with Gasteiger partial charge in [-0.2, -0.15) is 0 Å². The van der Waals surface area contributed by atoms with E-state index in [0.717, 1.165) is 0 Å². The number of nitrogen functional groups attached to an aromatic ring is 1. The Bertz CT molecular complexity index is 259. The molecule has 1 unspecified atom stereocenters. The van der Waals surface area contributed by atoms with Gasteiger partial charge >= 0.3 is 8.25 Å². The monoisotopic (exact) mass is 173 g/mol. The lowest BCUT2D eigenvalue weighted by atomic mass is 10.3. The van der Waals surface area contributed by atoms with Crippen LogP contribution in [0.3, 0.4) is 0 Å². The van der Waals surface area contributed by atoms with Gasteiger partial charge in [-0.05, 0) is 24.3 Å². The van der Waals surface area contributed by atoms with Crippen molar-refractivity contribution in [1.82, 2.24) is 0 Å². The predicted octanol–water partition coefficient (Wildman–Crippen LogP) is 1.03. The smallest absolute Gasteiger partial charge is 0.365 e. The van der Waals surface area contributed by atoms with E-state index in [0.29, 0.717) is 11.4 Å². The fourth-order valence-corrected chi connectivity index (χ4v) is 0.974. The summed E-state index contributed by atoms with van der Waals surface area (Å²) in [6.45, 7) is 0. The molecule has 0 aliphatic rings. The van der Waals surface area contributed by atoms with E-state index in [9.17, 15) is 4.57 Å². The molecule has 5 heteroatoms. The Morgan fingerprint density at radius 3 is 2.36 bits per heavy atom. The molecule has 0 aromatic heterocycles. The molecule has 0 aliphatic heterocycles. The molecule has 0 heterocycles. The topological polar surface area (TPSA) is 72.5 Å². The molecule has 0 aliphatic carbocycles. The van der Waals surface area contributed by atoms with Crippen molar-refractivity contribution in [1.29, 1.82) is 0 Å². The van der Waals surface area contributed by atoms with Gasteiger partial charge in [-0.15, -0.1) is 0 Å². The summed E-state index contributed by atoms with van der Waals surface area (Å²) in [5.74, 6) is 0.352. The standard InChI is InChI=1S/C6H8NO3P/c7-5-1-3-6(4-2-5)10-11(8)9/h1-4,11H,7H2,(H,8,9). The third-order valence-electron chi connectivity index (χ3n) is 1.09. The minimum Gasteiger partial charge on any atom is -0.426 e. The second kappa shape index (κ2) is 3.42. The Morgan fingerprint density at radius 1 is 1.36 bits per heavy atom. The van der Waals surface area contributed by atoms with Gasteiger partial charge in [-0.1, -0.05) is 0 Å². The molecule has 4 nitrogen and oxygen atoms in total. The van der Waals surface area contributed by atoms with Crippen LogP contribution in [-0.4, -0.2) is 4.89 Å². The second-order valence-electron chi connectivity index (χ2n) is 1.94. The van der Waals surface area contributed by atoms with Crippen molar-refractivity contribution in [3.63, 3.8) is 0 Å². The van der Waals surface area contributed by atoms with Crippen molar-refractivity contribution in [2.45, 2.75) is 0 Å². The van der Waals surface area contributed by atoms with E-state index >= 15 is 0 Å². The molecular formula is C6H8NO3P. The molecule has 0 saturated heterocycles. The maximum absolute atomic E-state index is 10.2. The minimum absolute atomic E-state index is 0.352. The summed E-state index contributed by atoms with van der Waals surface area (Å²) in [7, 11) is -2.89. The Morgan fingerprint density at radius 2 is 1.91 bits per heavy atom. The predicted molar refractivity (Wildman–Crippen MR) is 42.7 cm³/mol. The van der Waals surface area contributed by atoms with Crippen LogP contribution in [0.1, 0.15) is 0 Å². The zero-order valence-corrected chi connectivity index (χ0v) is 6.65. The summed E-state index contributed by atoms with van der Waals surface area (Å²) >= 11 is 0. The van der Waals surface area contributed by atoms with Crippen molar-refractivity contribution >= 4 is 13.9 Å². The second-order valence-corrected chi connectivity index (χ2v) is 2.67. The van der Waals surface area contributed by atoms with Gasteiger partial charge in [0.2, 0.25) is 0 Å². The van der Waals surface area contributed by atoms with Gasteiger partial charge < -0.3 is 15.2 Å². The van der Waals surface area contributed by atoms with Crippen molar-refractivity contribution in [2.24, 2.45) is 0 Å². The first-order valence-electron chi connectivity index (χ1n) is 2.95. The molecule has 0 amide bonds. The molecule has 1 aromatic rings. The van der Waals surface area contributed by atoms with Crippen molar-refractivity contribution in [3.8, 4) is 5.75 Å². The molecule has 1 aromatic carbocycles. The van der Waals surface area contributed by atoms with Gasteiger partial charge in [0, 0.05) is 5.69 Å². The molecule has 60 valence electrons. The minimum atomic E-state index is -2.89. The zero-order valence-electron chi connectivity index (χ0n) is 5.65. The molecule has 0 spiro atoms. The van der Waals surface area contributed by atoms with Crippen LogP contribution in [0.2, 0.25) is 0 Å². The quantitative estimate of drug-likeness (QED) is 0.517. The summed E-state index contributed by atoms with van der Waals surface area (Å²) in [6.07, 6.45) is 0. The number of anilines is 1. The summed E-state index contributed by atoms with van der Waals surface area (Å²) in [5, 5.41) is 0. The third-order valence-corrected chi connectivity index (χ3v) is 1.50. The van der Waals surface area contributed by atoms with Crippen molar-refractivity contribution in [2.75, 3.05) is 5.73 Å². The average Bonchev–Trinajstić information content (AvgIpc) is 1.93. The highest BCUT2D eigenvalue weighted by atomic mass is 31.1. The van der Waals surface area contributed by atoms with Crippen LogP contribution in [-0.2, 0) is 4.57 Å². The van der Waals surface area contributed by atoms with Gasteiger partial charge in [-0.3, -0.25) is 0 Å². The molecule has 0 fully saturated rings. The van der Waals surface area contributed by atoms with Crippen LogP contribution in [0.15, 0.2) is 24.3 Å².